The van der Waals surface area contributed by atoms with Crippen LogP contribution < -0.4 is 5.32 Å². The van der Waals surface area contributed by atoms with Crippen LogP contribution in [0, 0.1) is 5.92 Å². The van der Waals surface area contributed by atoms with Gasteiger partial charge in [-0.3, -0.25) is 0 Å². The molecule has 1 fully saturated rings. The van der Waals surface area contributed by atoms with E-state index in [0.717, 1.165) is 12.8 Å². The molecule has 0 radical (unpaired) electrons. The number of methoxy groups -OCH3 is 1. The summed E-state index contributed by atoms with van der Waals surface area (Å²) in [7, 11) is -1.30. The fourth-order valence-corrected chi connectivity index (χ4v) is 3.79. The van der Waals surface area contributed by atoms with Gasteiger partial charge in [0.2, 0.25) is 0 Å². The summed E-state index contributed by atoms with van der Waals surface area (Å²) in [5.41, 5.74) is 0. The summed E-state index contributed by atoms with van der Waals surface area (Å²) in [6.07, 6.45) is 3.10. The van der Waals surface area contributed by atoms with Gasteiger partial charge < -0.3 is 10.1 Å². The SMILES string of the molecule is CCC1CC1(CNCCOC)S(C)(=O)=O. The van der Waals surface area contributed by atoms with E-state index in [9.17, 15) is 8.42 Å². The van der Waals surface area contributed by atoms with Gasteiger partial charge in [-0.05, 0) is 12.3 Å². The van der Waals surface area contributed by atoms with Crippen LogP contribution in [-0.2, 0) is 14.6 Å². The number of rotatable bonds is 7. The molecular formula is C10H21NO3S. The lowest BCUT2D eigenvalue weighted by atomic mass is 10.2. The van der Waals surface area contributed by atoms with Crippen LogP contribution in [0.5, 0.6) is 0 Å². The lowest BCUT2D eigenvalue weighted by molar-refractivity contribution is 0.199. The first-order valence-electron chi connectivity index (χ1n) is 5.37. The van der Waals surface area contributed by atoms with E-state index in [1.54, 1.807) is 7.11 Å². The Kier molecular flexibility index (Phi) is 4.14. The minimum Gasteiger partial charge on any atom is -0.383 e. The normalized spacial score (nSPS) is 30.5. The maximum Gasteiger partial charge on any atom is 0.154 e. The zero-order valence-electron chi connectivity index (χ0n) is 9.75. The van der Waals surface area contributed by atoms with Gasteiger partial charge >= 0.3 is 0 Å². The predicted molar refractivity (Wildman–Crippen MR) is 60.7 cm³/mol. The number of ether oxygens (including phenoxy) is 1. The highest BCUT2D eigenvalue weighted by Crippen LogP contribution is 2.51. The molecule has 1 N–H and O–H groups in total. The van der Waals surface area contributed by atoms with E-state index in [1.807, 2.05) is 6.92 Å². The van der Waals surface area contributed by atoms with Crippen molar-refractivity contribution in [3.05, 3.63) is 0 Å². The highest BCUT2D eigenvalue weighted by atomic mass is 32.2. The van der Waals surface area contributed by atoms with Crippen molar-refractivity contribution in [3.63, 3.8) is 0 Å². The number of hydrogen-bond donors (Lipinski definition) is 1. The molecule has 0 heterocycles. The molecule has 1 rings (SSSR count). The Labute approximate surface area is 92.3 Å². The third-order valence-corrected chi connectivity index (χ3v) is 5.44. The topological polar surface area (TPSA) is 55.4 Å². The lowest BCUT2D eigenvalue weighted by Crippen LogP contribution is -2.38. The van der Waals surface area contributed by atoms with Crippen molar-refractivity contribution in [2.45, 2.75) is 24.5 Å². The van der Waals surface area contributed by atoms with Crippen LogP contribution in [0.4, 0.5) is 0 Å². The molecule has 2 unspecified atom stereocenters. The van der Waals surface area contributed by atoms with Crippen LogP contribution in [-0.4, -0.2) is 46.2 Å². The summed E-state index contributed by atoms with van der Waals surface area (Å²) < 4.78 is 27.8. The van der Waals surface area contributed by atoms with Gasteiger partial charge in [-0.1, -0.05) is 13.3 Å². The molecule has 5 heteroatoms. The maximum atomic E-state index is 11.7. The molecule has 0 aromatic carbocycles. The summed E-state index contributed by atoms with van der Waals surface area (Å²) in [4.78, 5) is 0. The third kappa shape index (κ3) is 2.71. The molecular weight excluding hydrogens is 214 g/mol. The standard InChI is InChI=1S/C10H21NO3S/c1-4-9-7-10(9,15(3,12)13)8-11-5-6-14-2/h9,11H,4-8H2,1-3H3. The van der Waals surface area contributed by atoms with Gasteiger partial charge in [0.1, 0.15) is 0 Å². The van der Waals surface area contributed by atoms with Gasteiger partial charge in [0.25, 0.3) is 0 Å². The zero-order chi connectivity index (χ0) is 11.5. The summed E-state index contributed by atoms with van der Waals surface area (Å²) in [5, 5.41) is 3.16. The molecule has 1 saturated carbocycles. The molecule has 90 valence electrons. The van der Waals surface area contributed by atoms with Crippen LogP contribution in [0.2, 0.25) is 0 Å². The monoisotopic (exact) mass is 235 g/mol. The lowest BCUT2D eigenvalue weighted by Gasteiger charge is -2.16. The van der Waals surface area contributed by atoms with Crippen LogP contribution in [0.15, 0.2) is 0 Å². The van der Waals surface area contributed by atoms with Gasteiger partial charge in [-0.2, -0.15) is 0 Å². The van der Waals surface area contributed by atoms with Crippen molar-refractivity contribution in [2.24, 2.45) is 5.92 Å². The quantitative estimate of drug-likeness (QED) is 0.650. The van der Waals surface area contributed by atoms with Crippen molar-refractivity contribution in [1.29, 1.82) is 0 Å². The first-order chi connectivity index (χ1) is 6.98. The predicted octanol–water partition coefficient (Wildman–Crippen LogP) is 0.436. The molecule has 0 aliphatic heterocycles. The van der Waals surface area contributed by atoms with Gasteiger partial charge in [-0.15, -0.1) is 0 Å². The van der Waals surface area contributed by atoms with Crippen molar-refractivity contribution in [1.82, 2.24) is 5.32 Å². The molecule has 1 aliphatic rings. The van der Waals surface area contributed by atoms with Crippen molar-refractivity contribution in [3.8, 4) is 0 Å². The van der Waals surface area contributed by atoms with Crippen molar-refractivity contribution < 1.29 is 13.2 Å². The van der Waals surface area contributed by atoms with Crippen LogP contribution in [0.3, 0.4) is 0 Å². The van der Waals surface area contributed by atoms with Crippen molar-refractivity contribution >= 4 is 9.84 Å². The largest absolute Gasteiger partial charge is 0.383 e. The molecule has 0 spiro atoms. The van der Waals surface area contributed by atoms with Gasteiger partial charge in [-0.25, -0.2) is 8.42 Å². The highest BCUT2D eigenvalue weighted by molar-refractivity contribution is 7.92. The summed E-state index contributed by atoms with van der Waals surface area (Å²) in [6, 6.07) is 0. The minimum absolute atomic E-state index is 0.336. The van der Waals surface area contributed by atoms with Crippen LogP contribution in [0.25, 0.3) is 0 Å². The van der Waals surface area contributed by atoms with Gasteiger partial charge in [0.05, 0.1) is 11.4 Å². The molecule has 0 aromatic rings. The second-order valence-corrected chi connectivity index (χ2v) is 6.67. The number of sulfone groups is 1. The summed E-state index contributed by atoms with van der Waals surface area (Å²) in [6.45, 7) is 3.95. The zero-order valence-corrected chi connectivity index (χ0v) is 10.6. The van der Waals surface area contributed by atoms with E-state index in [1.165, 1.54) is 6.26 Å². The Morgan fingerprint density at radius 3 is 2.60 bits per heavy atom. The molecule has 0 aromatic heterocycles. The van der Waals surface area contributed by atoms with Crippen molar-refractivity contribution in [2.75, 3.05) is 33.1 Å². The summed E-state index contributed by atoms with van der Waals surface area (Å²) >= 11 is 0. The average Bonchev–Trinajstić information content (AvgIpc) is 2.87. The fraction of sp³-hybridized carbons (Fsp3) is 1.00. The fourth-order valence-electron chi connectivity index (χ4n) is 2.15. The third-order valence-electron chi connectivity index (χ3n) is 3.31. The van der Waals surface area contributed by atoms with Crippen LogP contribution >= 0.6 is 0 Å². The average molecular weight is 235 g/mol. The Bertz CT molecular complexity index is 302. The van der Waals surface area contributed by atoms with E-state index in [-0.39, 0.29) is 0 Å². The molecule has 0 saturated heterocycles. The number of hydrogen-bond acceptors (Lipinski definition) is 4. The van der Waals surface area contributed by atoms with E-state index >= 15 is 0 Å². The molecule has 0 amide bonds. The molecule has 15 heavy (non-hydrogen) atoms. The second-order valence-electron chi connectivity index (χ2n) is 4.32. The summed E-state index contributed by atoms with van der Waals surface area (Å²) in [5.74, 6) is 0.336. The van der Waals surface area contributed by atoms with E-state index < -0.39 is 14.6 Å². The van der Waals surface area contributed by atoms with Gasteiger partial charge in [0, 0.05) is 26.5 Å². The Balaban J connectivity index is 2.48. The molecule has 4 nitrogen and oxygen atoms in total. The first-order valence-corrected chi connectivity index (χ1v) is 7.26. The Hall–Kier alpha value is -0.130. The van der Waals surface area contributed by atoms with E-state index in [2.05, 4.69) is 5.32 Å². The van der Waals surface area contributed by atoms with Crippen LogP contribution in [0.1, 0.15) is 19.8 Å². The maximum absolute atomic E-state index is 11.7. The van der Waals surface area contributed by atoms with E-state index in [4.69, 9.17) is 4.74 Å². The first kappa shape index (κ1) is 12.9. The molecule has 2 atom stereocenters. The number of nitrogens with one attached hydrogen (secondary N) is 1. The smallest absolute Gasteiger partial charge is 0.154 e. The molecule has 1 aliphatic carbocycles. The second kappa shape index (κ2) is 4.80. The minimum atomic E-state index is -2.94. The molecule has 0 bridgehead atoms. The Morgan fingerprint density at radius 2 is 2.20 bits per heavy atom. The Morgan fingerprint density at radius 1 is 1.53 bits per heavy atom. The van der Waals surface area contributed by atoms with Gasteiger partial charge in [0.15, 0.2) is 9.84 Å². The highest BCUT2D eigenvalue weighted by Gasteiger charge is 2.60. The van der Waals surface area contributed by atoms with E-state index in [0.29, 0.717) is 25.6 Å².